The second-order valence-electron chi connectivity index (χ2n) is 5.02. The SMILES string of the molecule is Cc1nc(-c2cccs2)sc1C(=O)NC(C)c1ccccc1. The Morgan fingerprint density at radius 1 is 1.18 bits per heavy atom. The summed E-state index contributed by atoms with van der Waals surface area (Å²) in [6.45, 7) is 3.87. The molecule has 1 aromatic carbocycles. The summed E-state index contributed by atoms with van der Waals surface area (Å²) < 4.78 is 0. The molecule has 0 bridgehead atoms. The summed E-state index contributed by atoms with van der Waals surface area (Å²) in [6.07, 6.45) is 0. The number of rotatable bonds is 4. The lowest BCUT2D eigenvalue weighted by Crippen LogP contribution is -2.26. The fourth-order valence-electron chi connectivity index (χ4n) is 2.20. The van der Waals surface area contributed by atoms with Gasteiger partial charge in [0, 0.05) is 0 Å². The van der Waals surface area contributed by atoms with E-state index < -0.39 is 0 Å². The smallest absolute Gasteiger partial charge is 0.263 e. The fraction of sp³-hybridized carbons (Fsp3) is 0.176. The molecule has 22 heavy (non-hydrogen) atoms. The topological polar surface area (TPSA) is 42.0 Å². The molecule has 112 valence electrons. The Balaban J connectivity index is 1.78. The van der Waals surface area contributed by atoms with E-state index in [-0.39, 0.29) is 11.9 Å². The molecule has 1 N–H and O–H groups in total. The summed E-state index contributed by atoms with van der Waals surface area (Å²) in [5.41, 5.74) is 1.88. The monoisotopic (exact) mass is 328 g/mol. The van der Waals surface area contributed by atoms with Crippen LogP contribution < -0.4 is 5.32 Å². The maximum absolute atomic E-state index is 12.5. The molecule has 3 rings (SSSR count). The molecule has 0 saturated heterocycles. The van der Waals surface area contributed by atoms with Crippen LogP contribution in [0.3, 0.4) is 0 Å². The van der Waals surface area contributed by atoms with Gasteiger partial charge in [0.05, 0.1) is 16.6 Å². The highest BCUT2D eigenvalue weighted by Crippen LogP contribution is 2.31. The van der Waals surface area contributed by atoms with Crippen LogP contribution in [0, 0.1) is 6.92 Å². The second-order valence-corrected chi connectivity index (χ2v) is 6.96. The molecule has 1 amide bonds. The molecular weight excluding hydrogens is 312 g/mol. The Kier molecular flexibility index (Phi) is 4.36. The van der Waals surface area contributed by atoms with Gasteiger partial charge in [0.1, 0.15) is 9.88 Å². The van der Waals surface area contributed by atoms with E-state index in [4.69, 9.17) is 0 Å². The number of aromatic nitrogens is 1. The maximum atomic E-state index is 12.5. The third kappa shape index (κ3) is 3.10. The highest BCUT2D eigenvalue weighted by atomic mass is 32.1. The predicted molar refractivity (Wildman–Crippen MR) is 92.5 cm³/mol. The molecule has 0 spiro atoms. The Hall–Kier alpha value is -1.98. The van der Waals surface area contributed by atoms with Crippen LogP contribution in [0.1, 0.15) is 33.9 Å². The summed E-state index contributed by atoms with van der Waals surface area (Å²) in [6, 6.07) is 13.9. The molecule has 0 aliphatic rings. The molecule has 3 aromatic rings. The number of nitrogens with zero attached hydrogens (tertiary/aromatic N) is 1. The van der Waals surface area contributed by atoms with Crippen LogP contribution in [0.15, 0.2) is 47.8 Å². The second kappa shape index (κ2) is 6.42. The van der Waals surface area contributed by atoms with Gasteiger partial charge in [-0.15, -0.1) is 22.7 Å². The van der Waals surface area contributed by atoms with Crippen LogP contribution in [0.2, 0.25) is 0 Å². The van der Waals surface area contributed by atoms with Crippen molar-refractivity contribution in [1.82, 2.24) is 10.3 Å². The number of amides is 1. The number of hydrogen-bond acceptors (Lipinski definition) is 4. The van der Waals surface area contributed by atoms with Crippen molar-refractivity contribution in [3.8, 4) is 9.88 Å². The molecule has 0 saturated carbocycles. The van der Waals surface area contributed by atoms with Gasteiger partial charge in [0.15, 0.2) is 0 Å². The highest BCUT2D eigenvalue weighted by Gasteiger charge is 2.18. The summed E-state index contributed by atoms with van der Waals surface area (Å²) >= 11 is 3.09. The van der Waals surface area contributed by atoms with Gasteiger partial charge in [-0.1, -0.05) is 36.4 Å². The van der Waals surface area contributed by atoms with E-state index >= 15 is 0 Å². The van der Waals surface area contributed by atoms with Gasteiger partial charge < -0.3 is 5.32 Å². The number of hydrogen-bond donors (Lipinski definition) is 1. The normalized spacial score (nSPS) is 12.1. The van der Waals surface area contributed by atoms with Gasteiger partial charge in [-0.3, -0.25) is 4.79 Å². The molecule has 2 heterocycles. The van der Waals surface area contributed by atoms with Crippen LogP contribution >= 0.6 is 22.7 Å². The minimum Gasteiger partial charge on any atom is -0.345 e. The van der Waals surface area contributed by atoms with Gasteiger partial charge in [-0.25, -0.2) is 4.98 Å². The molecule has 0 aliphatic heterocycles. The number of carbonyl (C=O) groups is 1. The van der Waals surface area contributed by atoms with Crippen LogP contribution in [0.4, 0.5) is 0 Å². The number of aryl methyl sites for hydroxylation is 1. The van der Waals surface area contributed by atoms with Crippen LogP contribution in [-0.4, -0.2) is 10.9 Å². The molecule has 0 fully saturated rings. The zero-order chi connectivity index (χ0) is 15.5. The molecule has 1 atom stereocenters. The molecule has 0 aliphatic carbocycles. The first kappa shape index (κ1) is 14.9. The largest absolute Gasteiger partial charge is 0.345 e. The lowest BCUT2D eigenvalue weighted by molar-refractivity contribution is 0.0943. The van der Waals surface area contributed by atoms with Gasteiger partial charge >= 0.3 is 0 Å². The minimum atomic E-state index is -0.0610. The standard InChI is InChI=1S/C17H16N2OS2/c1-11(13-7-4-3-5-8-13)18-16(20)15-12(2)19-17(22-15)14-9-6-10-21-14/h3-11H,1-2H3,(H,18,20). The maximum Gasteiger partial charge on any atom is 0.263 e. The number of thiophene rings is 1. The summed E-state index contributed by atoms with van der Waals surface area (Å²) in [5.74, 6) is -0.0610. The van der Waals surface area contributed by atoms with Gasteiger partial charge in [-0.05, 0) is 30.9 Å². The summed E-state index contributed by atoms with van der Waals surface area (Å²) in [4.78, 5) is 18.8. The Bertz CT molecular complexity index is 763. The fourth-order valence-corrected chi connectivity index (χ4v) is 3.97. The van der Waals surface area contributed by atoms with Crippen LogP contribution in [0.5, 0.6) is 0 Å². The van der Waals surface area contributed by atoms with Gasteiger partial charge in [0.25, 0.3) is 5.91 Å². The molecule has 2 aromatic heterocycles. The average Bonchev–Trinajstić information content (AvgIpc) is 3.17. The van der Waals surface area contributed by atoms with Crippen molar-refractivity contribution >= 4 is 28.6 Å². The van der Waals surface area contributed by atoms with E-state index in [1.54, 1.807) is 11.3 Å². The number of benzene rings is 1. The zero-order valence-corrected chi connectivity index (χ0v) is 14.0. The number of carbonyl (C=O) groups excluding carboxylic acids is 1. The van der Waals surface area contributed by atoms with Gasteiger partial charge in [0.2, 0.25) is 0 Å². The van der Waals surface area contributed by atoms with Crippen molar-refractivity contribution in [2.24, 2.45) is 0 Å². The zero-order valence-electron chi connectivity index (χ0n) is 12.4. The van der Waals surface area contributed by atoms with E-state index in [9.17, 15) is 4.79 Å². The number of nitrogens with one attached hydrogen (secondary N) is 1. The van der Waals surface area contributed by atoms with Crippen molar-refractivity contribution in [2.45, 2.75) is 19.9 Å². The van der Waals surface area contributed by atoms with Crippen molar-refractivity contribution < 1.29 is 4.79 Å². The first-order valence-electron chi connectivity index (χ1n) is 7.02. The summed E-state index contributed by atoms with van der Waals surface area (Å²) in [7, 11) is 0. The molecule has 3 nitrogen and oxygen atoms in total. The van der Waals surface area contributed by atoms with Crippen LogP contribution in [0.25, 0.3) is 9.88 Å². The van der Waals surface area contributed by atoms with Gasteiger partial charge in [-0.2, -0.15) is 0 Å². The molecular formula is C17H16N2OS2. The Morgan fingerprint density at radius 3 is 2.64 bits per heavy atom. The Morgan fingerprint density at radius 2 is 1.95 bits per heavy atom. The minimum absolute atomic E-state index is 0.0274. The number of thiazole rings is 1. The third-order valence-corrected chi connectivity index (χ3v) is 5.58. The lowest BCUT2D eigenvalue weighted by atomic mass is 10.1. The van der Waals surface area contributed by atoms with Crippen molar-refractivity contribution in [2.75, 3.05) is 0 Å². The lowest BCUT2D eigenvalue weighted by Gasteiger charge is -2.13. The van der Waals surface area contributed by atoms with E-state index in [0.717, 1.165) is 21.1 Å². The molecule has 5 heteroatoms. The summed E-state index contributed by atoms with van der Waals surface area (Å²) in [5, 5.41) is 5.97. The third-order valence-electron chi connectivity index (χ3n) is 3.38. The average molecular weight is 328 g/mol. The van der Waals surface area contributed by atoms with E-state index in [1.807, 2.05) is 61.7 Å². The van der Waals surface area contributed by atoms with E-state index in [2.05, 4.69) is 10.3 Å². The first-order valence-corrected chi connectivity index (χ1v) is 8.72. The molecule has 1 unspecified atom stereocenters. The van der Waals surface area contributed by atoms with E-state index in [1.165, 1.54) is 11.3 Å². The van der Waals surface area contributed by atoms with Crippen molar-refractivity contribution in [3.63, 3.8) is 0 Å². The quantitative estimate of drug-likeness (QED) is 0.756. The van der Waals surface area contributed by atoms with Crippen molar-refractivity contribution in [1.29, 1.82) is 0 Å². The Labute approximate surface area is 137 Å². The van der Waals surface area contributed by atoms with Crippen LogP contribution in [-0.2, 0) is 0 Å². The van der Waals surface area contributed by atoms with E-state index in [0.29, 0.717) is 4.88 Å². The molecule has 0 radical (unpaired) electrons. The first-order chi connectivity index (χ1) is 10.6. The van der Waals surface area contributed by atoms with Crippen molar-refractivity contribution in [3.05, 3.63) is 64.0 Å². The highest BCUT2D eigenvalue weighted by molar-refractivity contribution is 7.22. The predicted octanol–water partition coefficient (Wildman–Crippen LogP) is 4.67.